The molecule has 0 N–H and O–H groups in total. The van der Waals surface area contributed by atoms with E-state index in [-0.39, 0.29) is 23.5 Å². The Morgan fingerprint density at radius 1 is 0.838 bits per heavy atom. The molecule has 0 aliphatic carbocycles. The molecule has 3 rings (SSSR count). The first-order valence-electron chi connectivity index (χ1n) is 12.3. The maximum atomic E-state index is 11.1. The van der Waals surface area contributed by atoms with Crippen LogP contribution in [0.15, 0.2) is 23.3 Å². The number of allylic oxidation sites excluding steroid dienone is 1. The Morgan fingerprint density at radius 2 is 1.35 bits per heavy atom. The van der Waals surface area contributed by atoms with Crippen LogP contribution in [0, 0.1) is 0 Å². The van der Waals surface area contributed by atoms with Gasteiger partial charge in [0.25, 0.3) is 0 Å². The molecular weight excluding hydrogens is 503 g/mol. The number of rotatable bonds is 7. The van der Waals surface area contributed by atoms with Crippen LogP contribution >= 0.6 is 7.60 Å². The summed E-state index contributed by atoms with van der Waals surface area (Å²) in [5, 5.41) is 0. The molecule has 0 saturated carbocycles. The van der Waals surface area contributed by atoms with Crippen molar-refractivity contribution in [3.63, 3.8) is 0 Å². The van der Waals surface area contributed by atoms with Crippen molar-refractivity contribution < 1.29 is 47.0 Å². The van der Waals surface area contributed by atoms with Gasteiger partial charge in [-0.05, 0) is 46.1 Å². The molecule has 0 amide bonds. The third-order valence-corrected chi connectivity index (χ3v) is 7.04. The van der Waals surface area contributed by atoms with Crippen LogP contribution in [0.5, 0.6) is 0 Å². The van der Waals surface area contributed by atoms with Crippen LogP contribution in [-0.2, 0) is 47.0 Å². The van der Waals surface area contributed by atoms with Crippen LogP contribution in [0.4, 0.5) is 0 Å². The molecule has 0 atom stereocenters. The standard InChI is InChI=1S/2C8H12O2.C5H11O4P.C5H8O2/c2*1-7(9)6-8-2-4-10-5-3-8;1-5(6)4-10(7,8-2)9-3;6-5-1-3-7-4-2-5/h6H,2-5H2,1H3;2H,3-6H2,1H3;4H2,1-3H3;1-4H2. The minimum atomic E-state index is -3.09. The van der Waals surface area contributed by atoms with Crippen molar-refractivity contribution in [2.24, 2.45) is 0 Å². The predicted molar refractivity (Wildman–Crippen MR) is 140 cm³/mol. The van der Waals surface area contributed by atoms with Crippen LogP contribution < -0.4 is 0 Å². The van der Waals surface area contributed by atoms with E-state index in [0.29, 0.717) is 44.9 Å². The summed E-state index contributed by atoms with van der Waals surface area (Å²) in [7, 11) is -0.572. The molecule has 11 heteroatoms. The molecule has 3 aliphatic rings. The second-order valence-corrected chi connectivity index (χ2v) is 10.8. The summed E-state index contributed by atoms with van der Waals surface area (Å²) in [6.07, 6.45) is 8.23. The number of ether oxygens (including phenoxy) is 3. The largest absolute Gasteiger partial charge is 0.381 e. The fourth-order valence-corrected chi connectivity index (χ4v) is 4.14. The number of Topliss-reactive ketones (excluding diaryl/α,β-unsaturated/α-hetero) is 3. The maximum Gasteiger partial charge on any atom is 0.337 e. The molecule has 212 valence electrons. The van der Waals surface area contributed by atoms with Gasteiger partial charge in [-0.2, -0.15) is 0 Å². The van der Waals surface area contributed by atoms with Gasteiger partial charge in [-0.15, -0.1) is 0 Å². The molecule has 10 nitrogen and oxygen atoms in total. The van der Waals surface area contributed by atoms with Crippen LogP contribution in [0.3, 0.4) is 0 Å². The van der Waals surface area contributed by atoms with Crippen molar-refractivity contribution in [2.45, 2.75) is 59.3 Å². The van der Waals surface area contributed by atoms with E-state index in [9.17, 15) is 23.7 Å². The second-order valence-electron chi connectivity index (χ2n) is 8.58. The van der Waals surface area contributed by atoms with E-state index in [1.54, 1.807) is 19.9 Å². The average Bonchev–Trinajstić information content (AvgIpc) is 2.86. The third kappa shape index (κ3) is 20.9. The summed E-state index contributed by atoms with van der Waals surface area (Å²) in [6, 6.07) is 0. The molecule has 0 aromatic rings. The van der Waals surface area contributed by atoms with Gasteiger partial charge in [0.2, 0.25) is 0 Å². The normalized spacial score (nSPS) is 17.4. The van der Waals surface area contributed by atoms with Gasteiger partial charge in [0, 0.05) is 33.5 Å². The van der Waals surface area contributed by atoms with Crippen LogP contribution in [0.25, 0.3) is 0 Å². The average molecular weight is 547 g/mol. The lowest BCUT2D eigenvalue weighted by Gasteiger charge is -2.13. The van der Waals surface area contributed by atoms with Crippen molar-refractivity contribution in [3.8, 4) is 0 Å². The van der Waals surface area contributed by atoms with E-state index in [0.717, 1.165) is 39.1 Å². The minimum Gasteiger partial charge on any atom is -0.381 e. The first-order valence-corrected chi connectivity index (χ1v) is 14.1. The van der Waals surface area contributed by atoms with Crippen molar-refractivity contribution in [2.75, 3.05) is 60.0 Å². The van der Waals surface area contributed by atoms with Gasteiger partial charge < -0.3 is 23.3 Å². The Kier molecular flexibility index (Phi) is 20.1. The monoisotopic (exact) mass is 546 g/mol. The minimum absolute atomic E-state index is 0.150. The molecule has 2 fully saturated rings. The summed E-state index contributed by atoms with van der Waals surface area (Å²) in [5.74, 6) is 0.531. The number of ketones is 4. The lowest BCUT2D eigenvalue weighted by atomic mass is 10.1. The molecule has 0 radical (unpaired) electrons. The van der Waals surface area contributed by atoms with Gasteiger partial charge in [0.1, 0.15) is 23.5 Å². The van der Waals surface area contributed by atoms with Gasteiger partial charge in [0.15, 0.2) is 5.78 Å². The van der Waals surface area contributed by atoms with Gasteiger partial charge in [-0.1, -0.05) is 17.2 Å². The van der Waals surface area contributed by atoms with E-state index >= 15 is 0 Å². The van der Waals surface area contributed by atoms with E-state index < -0.39 is 7.60 Å². The van der Waals surface area contributed by atoms with Crippen molar-refractivity contribution in [1.29, 1.82) is 0 Å². The number of carbonyl (C=O) groups excluding carboxylic acids is 4. The second kappa shape index (κ2) is 21.2. The quantitative estimate of drug-likeness (QED) is 0.262. The lowest BCUT2D eigenvalue weighted by molar-refractivity contribution is -0.124. The Balaban J connectivity index is 0.000000471. The molecule has 0 aromatic heterocycles. The maximum absolute atomic E-state index is 11.1. The molecule has 37 heavy (non-hydrogen) atoms. The van der Waals surface area contributed by atoms with E-state index in [1.807, 2.05) is 6.08 Å². The van der Waals surface area contributed by atoms with Gasteiger partial charge >= 0.3 is 7.60 Å². The molecular formula is C26H43O10P. The molecule has 0 bridgehead atoms. The van der Waals surface area contributed by atoms with Crippen LogP contribution in [-0.4, -0.2) is 83.2 Å². The fraction of sp³-hybridized carbons (Fsp3) is 0.692. The summed E-state index contributed by atoms with van der Waals surface area (Å²) >= 11 is 0. The fourth-order valence-electron chi connectivity index (χ4n) is 3.19. The highest BCUT2D eigenvalue weighted by molar-refractivity contribution is 7.54. The Bertz CT molecular complexity index is 807. The zero-order valence-electron chi connectivity index (χ0n) is 22.9. The molecule has 0 aromatic carbocycles. The topological polar surface area (TPSA) is 132 Å². The Morgan fingerprint density at radius 3 is 1.68 bits per heavy atom. The van der Waals surface area contributed by atoms with Gasteiger partial charge in [-0.3, -0.25) is 23.7 Å². The van der Waals surface area contributed by atoms with E-state index in [1.165, 1.54) is 32.3 Å². The first kappa shape index (κ1) is 35.2. The molecule has 2 saturated heterocycles. The number of hydrogen-bond donors (Lipinski definition) is 0. The highest BCUT2D eigenvalue weighted by Gasteiger charge is 2.22. The Hall–Kier alpha value is -1.81. The SMILES string of the molecule is CC(=O)C=C1CCOCC1.CC(=O)CC1=CCOCC1.COP(=O)(CC(C)=O)OC.O=C1CCOCC1. The summed E-state index contributed by atoms with van der Waals surface area (Å²) in [6.45, 7) is 8.83. The summed E-state index contributed by atoms with van der Waals surface area (Å²) < 4.78 is 35.3. The lowest BCUT2D eigenvalue weighted by Crippen LogP contribution is -2.14. The Labute approximate surface area is 220 Å². The van der Waals surface area contributed by atoms with Gasteiger partial charge in [-0.25, -0.2) is 0 Å². The van der Waals surface area contributed by atoms with Crippen molar-refractivity contribution in [3.05, 3.63) is 23.3 Å². The van der Waals surface area contributed by atoms with Crippen molar-refractivity contribution >= 4 is 30.7 Å². The van der Waals surface area contributed by atoms with Crippen molar-refractivity contribution in [1.82, 2.24) is 0 Å². The molecule has 3 aliphatic heterocycles. The molecule has 0 spiro atoms. The van der Waals surface area contributed by atoms with Gasteiger partial charge in [0.05, 0.1) is 39.6 Å². The summed E-state index contributed by atoms with van der Waals surface area (Å²) in [5.41, 5.74) is 2.47. The van der Waals surface area contributed by atoms with Crippen LogP contribution in [0.1, 0.15) is 59.3 Å². The summed E-state index contributed by atoms with van der Waals surface area (Å²) in [4.78, 5) is 42.1. The molecule has 3 heterocycles. The highest BCUT2D eigenvalue weighted by atomic mass is 31.2. The first-order chi connectivity index (χ1) is 17.5. The zero-order chi connectivity index (χ0) is 28.1. The highest BCUT2D eigenvalue weighted by Crippen LogP contribution is 2.45. The number of carbonyl (C=O) groups is 4. The number of hydrogen-bond acceptors (Lipinski definition) is 10. The molecule has 0 unspecified atom stereocenters. The smallest absolute Gasteiger partial charge is 0.337 e. The third-order valence-electron chi connectivity index (χ3n) is 5.10. The predicted octanol–water partition coefficient (Wildman–Crippen LogP) is 4.05. The van der Waals surface area contributed by atoms with E-state index in [4.69, 9.17) is 14.2 Å². The van der Waals surface area contributed by atoms with E-state index in [2.05, 4.69) is 9.05 Å². The zero-order valence-corrected chi connectivity index (χ0v) is 23.8. The van der Waals surface area contributed by atoms with Crippen LogP contribution in [0.2, 0.25) is 0 Å².